The Morgan fingerprint density at radius 2 is 2.29 bits per heavy atom. The minimum absolute atomic E-state index is 0.115. The van der Waals surface area contributed by atoms with Crippen molar-refractivity contribution in [3.05, 3.63) is 57.1 Å². The fourth-order valence-electron chi connectivity index (χ4n) is 2.77. The van der Waals surface area contributed by atoms with Crippen LogP contribution in [-0.4, -0.2) is 59.1 Å². The van der Waals surface area contributed by atoms with Gasteiger partial charge in [0.1, 0.15) is 10.8 Å². The van der Waals surface area contributed by atoms with Gasteiger partial charge < -0.3 is 10.1 Å². The van der Waals surface area contributed by atoms with E-state index in [4.69, 9.17) is 16.3 Å². The summed E-state index contributed by atoms with van der Waals surface area (Å²) in [5, 5.41) is 9.71. The van der Waals surface area contributed by atoms with Gasteiger partial charge in [-0.05, 0) is 23.8 Å². The van der Waals surface area contributed by atoms with E-state index in [1.165, 1.54) is 23.9 Å². The Kier molecular flexibility index (Phi) is 7.43. The maximum Gasteiger partial charge on any atom is 0.264 e. The lowest BCUT2D eigenvalue weighted by Gasteiger charge is -2.33. The molecule has 1 fully saturated rings. The van der Waals surface area contributed by atoms with E-state index in [0.29, 0.717) is 31.3 Å². The molecule has 1 aromatic heterocycles. The number of thioether (sulfide) groups is 1. The number of H-pyrrole nitrogens is 1. The summed E-state index contributed by atoms with van der Waals surface area (Å²) in [5.74, 6) is -0.365. The Bertz CT molecular complexity index is 862. The number of carbonyl (C=O) groups excluding carboxylic acids is 1. The van der Waals surface area contributed by atoms with Crippen LogP contribution in [0.4, 0.5) is 4.39 Å². The summed E-state index contributed by atoms with van der Waals surface area (Å²) in [4.78, 5) is 25.2. The van der Waals surface area contributed by atoms with Gasteiger partial charge in [0.25, 0.3) is 5.56 Å². The fraction of sp³-hybridized carbons (Fsp3) is 0.389. The van der Waals surface area contributed by atoms with Gasteiger partial charge in [-0.1, -0.05) is 29.4 Å². The number of benzene rings is 1. The number of halogens is 2. The molecule has 1 aromatic carbocycles. The van der Waals surface area contributed by atoms with Gasteiger partial charge in [0.15, 0.2) is 0 Å². The predicted octanol–water partition coefficient (Wildman–Crippen LogP) is 1.67. The van der Waals surface area contributed by atoms with Gasteiger partial charge in [-0.15, -0.1) is 0 Å². The summed E-state index contributed by atoms with van der Waals surface area (Å²) in [6.07, 6.45) is -0.121. The van der Waals surface area contributed by atoms with Crippen LogP contribution in [-0.2, 0) is 16.1 Å². The predicted molar refractivity (Wildman–Crippen MR) is 105 cm³/mol. The molecule has 10 heteroatoms. The number of rotatable bonds is 7. The van der Waals surface area contributed by atoms with Gasteiger partial charge in [-0.25, -0.2) is 9.49 Å². The van der Waals surface area contributed by atoms with Crippen molar-refractivity contribution >= 4 is 29.3 Å². The van der Waals surface area contributed by atoms with Crippen LogP contribution in [0.5, 0.6) is 0 Å². The number of carbonyl (C=O) groups is 1. The van der Waals surface area contributed by atoms with Crippen molar-refractivity contribution in [3.63, 3.8) is 0 Å². The molecule has 2 aromatic rings. The Morgan fingerprint density at radius 3 is 3.04 bits per heavy atom. The van der Waals surface area contributed by atoms with E-state index in [0.717, 1.165) is 12.1 Å². The van der Waals surface area contributed by atoms with Gasteiger partial charge in [0.05, 0.1) is 23.5 Å². The second-order valence-electron chi connectivity index (χ2n) is 6.33. The summed E-state index contributed by atoms with van der Waals surface area (Å²) in [7, 11) is 0. The highest BCUT2D eigenvalue weighted by Crippen LogP contribution is 2.18. The first-order valence-electron chi connectivity index (χ1n) is 8.73. The van der Waals surface area contributed by atoms with Gasteiger partial charge in [-0.2, -0.15) is 5.10 Å². The van der Waals surface area contributed by atoms with Crippen LogP contribution >= 0.6 is 23.4 Å². The number of amides is 1. The summed E-state index contributed by atoms with van der Waals surface area (Å²) in [6.45, 7) is 3.02. The van der Waals surface area contributed by atoms with Gasteiger partial charge in [-0.3, -0.25) is 14.5 Å². The third-order valence-corrected chi connectivity index (χ3v) is 5.36. The number of hydrogen-bond donors (Lipinski definition) is 2. The van der Waals surface area contributed by atoms with Crippen LogP contribution in [0.15, 0.2) is 40.2 Å². The third-order valence-electron chi connectivity index (χ3n) is 4.14. The SMILES string of the molecule is O=C(CSc1ccc(=O)[nH]n1)NC[C@H]1CN(Cc2ccc(F)c(Cl)c2)CCO1. The van der Waals surface area contributed by atoms with Crippen LogP contribution in [0, 0.1) is 5.82 Å². The molecule has 2 heterocycles. The number of ether oxygens (including phenoxy) is 1. The van der Waals surface area contributed by atoms with E-state index in [-0.39, 0.29) is 28.3 Å². The van der Waals surface area contributed by atoms with Crippen LogP contribution in [0.25, 0.3) is 0 Å². The van der Waals surface area contributed by atoms with E-state index >= 15 is 0 Å². The number of nitrogens with one attached hydrogen (secondary N) is 2. The average molecular weight is 427 g/mol. The molecule has 150 valence electrons. The maximum absolute atomic E-state index is 13.3. The first-order chi connectivity index (χ1) is 13.5. The molecule has 0 bridgehead atoms. The van der Waals surface area contributed by atoms with Crippen LogP contribution in [0.2, 0.25) is 5.02 Å². The number of aromatic nitrogens is 2. The molecule has 7 nitrogen and oxygen atoms in total. The molecule has 0 radical (unpaired) electrons. The zero-order valence-electron chi connectivity index (χ0n) is 15.0. The van der Waals surface area contributed by atoms with Crippen molar-refractivity contribution in [1.82, 2.24) is 20.4 Å². The normalized spacial score (nSPS) is 17.4. The Balaban J connectivity index is 1.41. The quantitative estimate of drug-likeness (QED) is 0.655. The molecule has 0 unspecified atom stereocenters. The highest BCUT2D eigenvalue weighted by Gasteiger charge is 2.21. The van der Waals surface area contributed by atoms with Crippen molar-refractivity contribution in [1.29, 1.82) is 0 Å². The lowest BCUT2D eigenvalue weighted by atomic mass is 10.2. The topological polar surface area (TPSA) is 87.3 Å². The molecule has 0 saturated carbocycles. The van der Waals surface area contributed by atoms with Gasteiger partial charge in [0.2, 0.25) is 5.91 Å². The molecule has 1 atom stereocenters. The summed E-state index contributed by atoms with van der Waals surface area (Å²) in [5.41, 5.74) is 0.650. The van der Waals surface area contributed by atoms with E-state index in [9.17, 15) is 14.0 Å². The average Bonchev–Trinajstić information content (AvgIpc) is 2.69. The molecule has 28 heavy (non-hydrogen) atoms. The molecular weight excluding hydrogens is 407 g/mol. The molecular formula is C18H20ClFN4O3S. The first-order valence-corrected chi connectivity index (χ1v) is 10.1. The molecule has 1 aliphatic heterocycles. The van der Waals surface area contributed by atoms with Crippen molar-refractivity contribution in [2.24, 2.45) is 0 Å². The van der Waals surface area contributed by atoms with E-state index < -0.39 is 5.82 Å². The van der Waals surface area contributed by atoms with Crippen LogP contribution < -0.4 is 10.9 Å². The summed E-state index contributed by atoms with van der Waals surface area (Å²) >= 11 is 7.08. The summed E-state index contributed by atoms with van der Waals surface area (Å²) in [6, 6.07) is 7.65. The number of hydrogen-bond acceptors (Lipinski definition) is 6. The molecule has 1 amide bonds. The fourth-order valence-corrected chi connectivity index (χ4v) is 3.63. The number of morpholine rings is 1. The molecule has 0 aliphatic carbocycles. The van der Waals surface area contributed by atoms with Crippen molar-refractivity contribution in [3.8, 4) is 0 Å². The van der Waals surface area contributed by atoms with Gasteiger partial charge >= 0.3 is 0 Å². The van der Waals surface area contributed by atoms with Crippen molar-refractivity contribution in [2.75, 3.05) is 32.0 Å². The lowest BCUT2D eigenvalue weighted by molar-refractivity contribution is -0.119. The Hall–Kier alpha value is -1.94. The van der Waals surface area contributed by atoms with E-state index in [1.54, 1.807) is 18.2 Å². The molecule has 3 rings (SSSR count). The Morgan fingerprint density at radius 1 is 1.43 bits per heavy atom. The molecule has 1 aliphatic rings. The zero-order chi connectivity index (χ0) is 19.9. The molecule has 0 spiro atoms. The maximum atomic E-state index is 13.3. The molecule has 1 saturated heterocycles. The van der Waals surface area contributed by atoms with E-state index in [2.05, 4.69) is 20.4 Å². The largest absolute Gasteiger partial charge is 0.374 e. The van der Waals surface area contributed by atoms with Crippen molar-refractivity contribution < 1.29 is 13.9 Å². The smallest absolute Gasteiger partial charge is 0.264 e. The second-order valence-corrected chi connectivity index (χ2v) is 7.73. The number of aromatic amines is 1. The van der Waals surface area contributed by atoms with Gasteiger partial charge in [0, 0.05) is 32.2 Å². The van der Waals surface area contributed by atoms with E-state index in [1.807, 2.05) is 0 Å². The standard InChI is InChI=1S/C18H20ClFN4O3S/c19-14-7-12(1-2-15(14)20)9-24-5-6-27-13(10-24)8-21-17(26)11-28-18-4-3-16(25)22-23-18/h1-4,7,13H,5-6,8-11H2,(H,21,26)(H,22,25)/t13-/m0/s1. The minimum Gasteiger partial charge on any atom is -0.374 e. The lowest BCUT2D eigenvalue weighted by Crippen LogP contribution is -2.47. The monoisotopic (exact) mass is 426 g/mol. The first kappa shape index (κ1) is 20.8. The highest BCUT2D eigenvalue weighted by molar-refractivity contribution is 7.99. The minimum atomic E-state index is -0.428. The third kappa shape index (κ3) is 6.30. The molecule has 2 N–H and O–H groups in total. The zero-order valence-corrected chi connectivity index (χ0v) is 16.6. The van der Waals surface area contributed by atoms with Crippen molar-refractivity contribution in [2.45, 2.75) is 17.7 Å². The summed E-state index contributed by atoms with van der Waals surface area (Å²) < 4.78 is 19.0. The second kappa shape index (κ2) is 10.0. The van der Waals surface area contributed by atoms with Crippen LogP contribution in [0.1, 0.15) is 5.56 Å². The van der Waals surface area contributed by atoms with Crippen LogP contribution in [0.3, 0.4) is 0 Å². The number of nitrogens with zero attached hydrogens (tertiary/aromatic N) is 2. The highest BCUT2D eigenvalue weighted by atomic mass is 35.5. The Labute approximate surface area is 170 Å².